The van der Waals surface area contributed by atoms with Gasteiger partial charge in [-0.2, -0.15) is 0 Å². The first-order valence-electron chi connectivity index (χ1n) is 5.65. The molecule has 0 saturated carbocycles. The summed E-state index contributed by atoms with van der Waals surface area (Å²) in [6.45, 7) is 6.55. The van der Waals surface area contributed by atoms with Gasteiger partial charge in [0.1, 0.15) is 0 Å². The van der Waals surface area contributed by atoms with Gasteiger partial charge in [-0.1, -0.05) is 12.1 Å². The fourth-order valence-electron chi connectivity index (χ4n) is 2.01. The zero-order valence-corrected chi connectivity index (χ0v) is 10.5. The number of benzene rings is 1. The van der Waals surface area contributed by atoms with Crippen molar-refractivity contribution >= 4 is 0 Å². The Kier molecular flexibility index (Phi) is 4.47. The average molecular weight is 222 g/mol. The van der Waals surface area contributed by atoms with Crippen molar-refractivity contribution in [2.24, 2.45) is 5.73 Å². The molecule has 2 atom stereocenters. The number of hydrogen-bond donors (Lipinski definition) is 3. The Labute approximate surface area is 97.7 Å². The summed E-state index contributed by atoms with van der Waals surface area (Å²) in [6.07, 6.45) is -0.550. The maximum Gasteiger partial charge on any atom is 0.0856 e. The van der Waals surface area contributed by atoms with Crippen molar-refractivity contribution in [1.82, 2.24) is 5.32 Å². The molecule has 90 valence electrons. The highest BCUT2D eigenvalue weighted by Gasteiger charge is 2.20. The van der Waals surface area contributed by atoms with E-state index in [0.717, 1.165) is 5.56 Å². The summed E-state index contributed by atoms with van der Waals surface area (Å²) in [6, 6.07) is 4.06. The molecule has 2 unspecified atom stereocenters. The van der Waals surface area contributed by atoms with Crippen LogP contribution in [0.25, 0.3) is 0 Å². The molecule has 0 heterocycles. The average Bonchev–Trinajstić information content (AvgIpc) is 2.29. The fraction of sp³-hybridized carbons (Fsp3) is 0.538. The zero-order valence-electron chi connectivity index (χ0n) is 10.5. The van der Waals surface area contributed by atoms with Gasteiger partial charge in [0, 0.05) is 6.54 Å². The van der Waals surface area contributed by atoms with E-state index in [1.54, 1.807) is 0 Å². The van der Waals surface area contributed by atoms with E-state index in [-0.39, 0.29) is 12.6 Å². The van der Waals surface area contributed by atoms with Gasteiger partial charge in [-0.3, -0.25) is 0 Å². The third-order valence-electron chi connectivity index (χ3n) is 3.37. The summed E-state index contributed by atoms with van der Waals surface area (Å²) in [4.78, 5) is 0. The van der Waals surface area contributed by atoms with Crippen LogP contribution >= 0.6 is 0 Å². The van der Waals surface area contributed by atoms with Crippen LogP contribution in [0.5, 0.6) is 0 Å². The van der Waals surface area contributed by atoms with Crippen LogP contribution in [-0.4, -0.2) is 24.8 Å². The van der Waals surface area contributed by atoms with E-state index in [1.807, 2.05) is 7.05 Å². The summed E-state index contributed by atoms with van der Waals surface area (Å²) < 4.78 is 0. The van der Waals surface area contributed by atoms with Crippen LogP contribution in [-0.2, 0) is 0 Å². The molecule has 0 radical (unpaired) electrons. The Hall–Kier alpha value is -0.900. The quantitative estimate of drug-likeness (QED) is 0.717. The number of nitrogens with one attached hydrogen (secondary N) is 1. The summed E-state index contributed by atoms with van der Waals surface area (Å²) in [5.41, 5.74) is 10.4. The van der Waals surface area contributed by atoms with Crippen molar-refractivity contribution in [3.05, 3.63) is 34.4 Å². The molecule has 0 aliphatic carbocycles. The largest absolute Gasteiger partial charge is 0.390 e. The third kappa shape index (κ3) is 2.43. The van der Waals surface area contributed by atoms with Crippen LogP contribution in [0.2, 0.25) is 0 Å². The van der Waals surface area contributed by atoms with Gasteiger partial charge in [0.2, 0.25) is 0 Å². The number of aliphatic hydroxyl groups is 1. The summed E-state index contributed by atoms with van der Waals surface area (Å²) in [5, 5.41) is 13.0. The summed E-state index contributed by atoms with van der Waals surface area (Å²) >= 11 is 0. The van der Waals surface area contributed by atoms with Crippen molar-refractivity contribution in [3.63, 3.8) is 0 Å². The van der Waals surface area contributed by atoms with Gasteiger partial charge >= 0.3 is 0 Å². The van der Waals surface area contributed by atoms with E-state index in [0.29, 0.717) is 0 Å². The lowest BCUT2D eigenvalue weighted by Crippen LogP contribution is -2.35. The molecule has 0 fully saturated rings. The molecule has 0 aliphatic heterocycles. The zero-order chi connectivity index (χ0) is 12.3. The van der Waals surface area contributed by atoms with E-state index in [9.17, 15) is 5.11 Å². The van der Waals surface area contributed by atoms with E-state index in [1.165, 1.54) is 16.7 Å². The highest BCUT2D eigenvalue weighted by molar-refractivity contribution is 5.40. The van der Waals surface area contributed by atoms with Crippen molar-refractivity contribution in [1.29, 1.82) is 0 Å². The molecule has 0 spiro atoms. The molecule has 1 aromatic rings. The van der Waals surface area contributed by atoms with Crippen LogP contribution in [0.4, 0.5) is 0 Å². The third-order valence-corrected chi connectivity index (χ3v) is 3.37. The molecule has 0 aliphatic rings. The van der Waals surface area contributed by atoms with E-state index in [4.69, 9.17) is 5.73 Å². The van der Waals surface area contributed by atoms with Crippen molar-refractivity contribution in [2.45, 2.75) is 32.9 Å². The molecule has 0 amide bonds. The number of nitrogens with two attached hydrogens (primary N) is 1. The molecule has 1 aromatic carbocycles. The first-order valence-corrected chi connectivity index (χ1v) is 5.65. The standard InChI is InChI=1S/C13H22N2O/c1-8-5-6-11(10(3)9(8)2)13(15-4)12(16)7-14/h5-6,12-13,15-16H,7,14H2,1-4H3. The van der Waals surface area contributed by atoms with Crippen LogP contribution in [0.3, 0.4) is 0 Å². The van der Waals surface area contributed by atoms with Crippen LogP contribution in [0.15, 0.2) is 12.1 Å². The lowest BCUT2D eigenvalue weighted by molar-refractivity contribution is 0.139. The number of aryl methyl sites for hydroxylation is 1. The van der Waals surface area contributed by atoms with Gasteiger partial charge < -0.3 is 16.2 Å². The minimum atomic E-state index is -0.550. The molecule has 3 heteroatoms. The van der Waals surface area contributed by atoms with Crippen LogP contribution < -0.4 is 11.1 Å². The highest BCUT2D eigenvalue weighted by atomic mass is 16.3. The highest BCUT2D eigenvalue weighted by Crippen LogP contribution is 2.24. The molecule has 0 saturated heterocycles. The Balaban J connectivity index is 3.16. The van der Waals surface area contributed by atoms with Crippen molar-refractivity contribution in [2.75, 3.05) is 13.6 Å². The first kappa shape index (κ1) is 13.2. The second-order valence-electron chi connectivity index (χ2n) is 4.29. The molecule has 0 aromatic heterocycles. The van der Waals surface area contributed by atoms with Crippen molar-refractivity contribution < 1.29 is 5.11 Å². The molecule has 1 rings (SSSR count). The topological polar surface area (TPSA) is 58.3 Å². The van der Waals surface area contributed by atoms with Gasteiger partial charge in [0.15, 0.2) is 0 Å². The van der Waals surface area contributed by atoms with Crippen molar-refractivity contribution in [3.8, 4) is 0 Å². The Morgan fingerprint density at radius 1 is 1.25 bits per heavy atom. The number of rotatable bonds is 4. The lowest BCUT2D eigenvalue weighted by Gasteiger charge is -2.24. The van der Waals surface area contributed by atoms with E-state index < -0.39 is 6.10 Å². The monoisotopic (exact) mass is 222 g/mol. The van der Waals surface area contributed by atoms with Gasteiger partial charge in [0.05, 0.1) is 12.1 Å². The van der Waals surface area contributed by atoms with Crippen LogP contribution in [0, 0.1) is 20.8 Å². The maximum atomic E-state index is 9.87. The van der Waals surface area contributed by atoms with Gasteiger partial charge in [0.25, 0.3) is 0 Å². The Bertz CT molecular complexity index is 363. The predicted molar refractivity (Wildman–Crippen MR) is 67.5 cm³/mol. The van der Waals surface area contributed by atoms with Gasteiger partial charge in [-0.05, 0) is 50.1 Å². The van der Waals surface area contributed by atoms with Crippen LogP contribution in [0.1, 0.15) is 28.3 Å². The number of aliphatic hydroxyl groups excluding tert-OH is 1. The molecular formula is C13H22N2O. The second kappa shape index (κ2) is 5.43. The number of hydrogen-bond acceptors (Lipinski definition) is 3. The second-order valence-corrected chi connectivity index (χ2v) is 4.29. The fourth-order valence-corrected chi connectivity index (χ4v) is 2.01. The molecule has 4 N–H and O–H groups in total. The minimum Gasteiger partial charge on any atom is -0.390 e. The normalized spacial score (nSPS) is 14.9. The Morgan fingerprint density at radius 3 is 2.38 bits per heavy atom. The SMILES string of the molecule is CNC(c1ccc(C)c(C)c1C)C(O)CN. The summed E-state index contributed by atoms with van der Waals surface area (Å²) in [7, 11) is 1.85. The van der Waals surface area contributed by atoms with Gasteiger partial charge in [-0.15, -0.1) is 0 Å². The maximum absolute atomic E-state index is 9.87. The Morgan fingerprint density at radius 2 is 1.88 bits per heavy atom. The molecule has 3 nitrogen and oxygen atoms in total. The predicted octanol–water partition coefficient (Wildman–Crippen LogP) is 1.19. The number of likely N-dealkylation sites (N-methyl/N-ethyl adjacent to an activating group) is 1. The summed E-state index contributed by atoms with van der Waals surface area (Å²) in [5.74, 6) is 0. The van der Waals surface area contributed by atoms with E-state index in [2.05, 4.69) is 38.2 Å². The minimum absolute atomic E-state index is 0.0932. The van der Waals surface area contributed by atoms with E-state index >= 15 is 0 Å². The molecule has 0 bridgehead atoms. The lowest BCUT2D eigenvalue weighted by atomic mass is 9.92. The first-order chi connectivity index (χ1) is 7.52. The van der Waals surface area contributed by atoms with Gasteiger partial charge in [-0.25, -0.2) is 0 Å². The molecule has 16 heavy (non-hydrogen) atoms. The smallest absolute Gasteiger partial charge is 0.0856 e. The molecular weight excluding hydrogens is 200 g/mol.